The lowest BCUT2D eigenvalue weighted by molar-refractivity contribution is 1.30. The van der Waals surface area contributed by atoms with Crippen molar-refractivity contribution in [2.24, 2.45) is 0 Å². The molecule has 1 nitrogen and oxygen atoms in total. The van der Waals surface area contributed by atoms with Crippen LogP contribution in [0.25, 0.3) is 75.1 Å². The van der Waals surface area contributed by atoms with Crippen LogP contribution in [0.3, 0.4) is 0 Å². The van der Waals surface area contributed by atoms with Gasteiger partial charge in [-0.15, -0.1) is 11.3 Å². The third-order valence-electron chi connectivity index (χ3n) is 10.3. The lowest BCUT2D eigenvalue weighted by Gasteiger charge is -2.27. The van der Waals surface area contributed by atoms with Crippen molar-refractivity contribution >= 4 is 70.1 Å². The van der Waals surface area contributed by atoms with Gasteiger partial charge >= 0.3 is 0 Å². The Balaban J connectivity index is 1.20. The Hall–Kier alpha value is -6.48. The van der Waals surface area contributed by atoms with E-state index in [-0.39, 0.29) is 0 Å². The lowest BCUT2D eigenvalue weighted by atomic mass is 9.96. The van der Waals surface area contributed by atoms with Crippen molar-refractivity contribution in [1.82, 2.24) is 0 Å². The first-order chi connectivity index (χ1) is 25.8. The maximum atomic E-state index is 2.44. The van der Waals surface area contributed by atoms with Gasteiger partial charge in [0, 0.05) is 26.8 Å². The molecule has 0 atom stereocenters. The van der Waals surface area contributed by atoms with Gasteiger partial charge in [-0.3, -0.25) is 0 Å². The van der Waals surface area contributed by atoms with Crippen molar-refractivity contribution in [2.75, 3.05) is 4.90 Å². The molecule has 0 aliphatic rings. The second-order valence-corrected chi connectivity index (χ2v) is 14.4. The van der Waals surface area contributed by atoms with Crippen molar-refractivity contribution in [3.8, 4) is 33.4 Å². The summed E-state index contributed by atoms with van der Waals surface area (Å²) in [6.45, 7) is 0. The summed E-state index contributed by atoms with van der Waals surface area (Å²) >= 11 is 1.89. The zero-order valence-electron chi connectivity index (χ0n) is 28.4. The van der Waals surface area contributed by atoms with Crippen LogP contribution < -0.4 is 4.90 Å². The molecule has 0 unspecified atom stereocenters. The summed E-state index contributed by atoms with van der Waals surface area (Å²) in [4.78, 5) is 2.44. The monoisotopic (exact) mass is 679 g/mol. The number of benzene rings is 9. The van der Waals surface area contributed by atoms with Gasteiger partial charge in [-0.25, -0.2) is 0 Å². The molecule has 0 aliphatic heterocycles. The third-order valence-corrected chi connectivity index (χ3v) is 11.4. The van der Waals surface area contributed by atoms with Crippen LogP contribution in [0, 0.1) is 0 Å². The third kappa shape index (κ3) is 5.24. The molecule has 0 saturated heterocycles. The highest BCUT2D eigenvalue weighted by Crippen LogP contribution is 2.49. The van der Waals surface area contributed by atoms with Crippen molar-refractivity contribution in [1.29, 1.82) is 0 Å². The molecule has 52 heavy (non-hydrogen) atoms. The fourth-order valence-electron chi connectivity index (χ4n) is 7.71. The highest BCUT2D eigenvalue weighted by Gasteiger charge is 2.21. The summed E-state index contributed by atoms with van der Waals surface area (Å²) in [5.74, 6) is 0. The summed E-state index contributed by atoms with van der Waals surface area (Å²) in [7, 11) is 0. The average molecular weight is 680 g/mol. The molecule has 0 bridgehead atoms. The maximum absolute atomic E-state index is 2.44. The highest BCUT2D eigenvalue weighted by atomic mass is 32.1. The zero-order chi connectivity index (χ0) is 34.4. The van der Waals surface area contributed by atoms with E-state index in [1.54, 1.807) is 0 Å². The minimum absolute atomic E-state index is 1.12. The van der Waals surface area contributed by atoms with E-state index in [0.29, 0.717) is 0 Å². The summed E-state index contributed by atoms with van der Waals surface area (Å²) in [6, 6.07) is 72.8. The van der Waals surface area contributed by atoms with Gasteiger partial charge in [0.1, 0.15) is 0 Å². The number of nitrogens with zero attached hydrogens (tertiary/aromatic N) is 1. The van der Waals surface area contributed by atoms with Crippen LogP contribution in [0.1, 0.15) is 0 Å². The zero-order valence-corrected chi connectivity index (χ0v) is 29.2. The molecular formula is C50H33NS. The predicted molar refractivity (Wildman–Crippen MR) is 225 cm³/mol. The van der Waals surface area contributed by atoms with Gasteiger partial charge in [0.25, 0.3) is 0 Å². The van der Waals surface area contributed by atoms with E-state index in [1.807, 2.05) is 11.3 Å². The number of hydrogen-bond acceptors (Lipinski definition) is 2. The van der Waals surface area contributed by atoms with E-state index < -0.39 is 0 Å². The van der Waals surface area contributed by atoms with Crippen LogP contribution in [0.4, 0.5) is 17.1 Å². The van der Waals surface area contributed by atoms with Crippen molar-refractivity contribution in [2.45, 2.75) is 0 Å². The van der Waals surface area contributed by atoms with Gasteiger partial charge in [-0.2, -0.15) is 0 Å². The molecule has 10 aromatic rings. The number of thiophene rings is 1. The topological polar surface area (TPSA) is 3.24 Å². The predicted octanol–water partition coefficient (Wildman–Crippen LogP) is 14.8. The van der Waals surface area contributed by atoms with Crippen LogP contribution in [-0.4, -0.2) is 0 Å². The minimum atomic E-state index is 1.12. The molecule has 244 valence electrons. The van der Waals surface area contributed by atoms with Gasteiger partial charge in [0.15, 0.2) is 0 Å². The van der Waals surface area contributed by atoms with Gasteiger partial charge in [0.05, 0.1) is 10.4 Å². The molecule has 0 aliphatic carbocycles. The number of anilines is 3. The summed E-state index contributed by atoms with van der Waals surface area (Å²) in [5, 5.41) is 7.65. The molecular weight excluding hydrogens is 647 g/mol. The first-order valence-electron chi connectivity index (χ1n) is 17.8. The second-order valence-electron chi connectivity index (χ2n) is 13.3. The fourth-order valence-corrected chi connectivity index (χ4v) is 8.98. The standard InChI is InChI=1S/C50H33NS/c1-3-12-34(13-4-1)36-22-27-41(28-23-36)51(42-29-24-37(25-30-42)35-14-5-2-6-15-35)47-32-39-17-8-10-20-45(39)49-46-31-26-40(33-48(46)52-50(47)49)44-21-11-18-38-16-7-9-19-43(38)44/h1-33H. The molecule has 0 N–H and O–H groups in total. The number of hydrogen-bond donors (Lipinski definition) is 0. The Morgan fingerprint density at radius 3 is 1.52 bits per heavy atom. The van der Waals surface area contributed by atoms with Crippen LogP contribution in [0.5, 0.6) is 0 Å². The second kappa shape index (κ2) is 12.7. The Morgan fingerprint density at radius 2 is 0.865 bits per heavy atom. The van der Waals surface area contributed by atoms with Gasteiger partial charge < -0.3 is 4.90 Å². The minimum Gasteiger partial charge on any atom is -0.309 e. The Labute approximate surface area is 307 Å². The smallest absolute Gasteiger partial charge is 0.0646 e. The first-order valence-corrected chi connectivity index (χ1v) is 18.6. The van der Waals surface area contributed by atoms with Crippen molar-refractivity contribution < 1.29 is 0 Å². The van der Waals surface area contributed by atoms with E-state index in [0.717, 1.165) is 11.4 Å². The molecule has 0 fully saturated rings. The van der Waals surface area contributed by atoms with Gasteiger partial charge in [0.2, 0.25) is 0 Å². The van der Waals surface area contributed by atoms with E-state index in [4.69, 9.17) is 0 Å². The number of fused-ring (bicyclic) bond motifs is 6. The summed E-state index contributed by atoms with van der Waals surface area (Å²) in [6.07, 6.45) is 0. The Morgan fingerprint density at radius 1 is 0.346 bits per heavy atom. The molecule has 0 amide bonds. The van der Waals surface area contributed by atoms with E-state index >= 15 is 0 Å². The molecule has 1 aromatic heterocycles. The largest absolute Gasteiger partial charge is 0.309 e. The van der Waals surface area contributed by atoms with E-state index in [9.17, 15) is 0 Å². The normalized spacial score (nSPS) is 11.5. The first kappa shape index (κ1) is 30.4. The molecule has 0 spiro atoms. The SMILES string of the molecule is c1ccc(-c2ccc(N(c3ccc(-c4ccccc4)cc3)c3cc4ccccc4c4c3sc3cc(-c5cccc6ccccc56)ccc34)cc2)cc1. The Bertz CT molecular complexity index is 2780. The summed E-state index contributed by atoms with van der Waals surface area (Å²) in [5.41, 5.74) is 10.8. The maximum Gasteiger partial charge on any atom is 0.0646 e. The quantitative estimate of drug-likeness (QED) is 0.169. The Kier molecular flexibility index (Phi) is 7.41. The molecule has 9 aromatic carbocycles. The van der Waals surface area contributed by atoms with Gasteiger partial charge in [-0.1, -0.05) is 164 Å². The van der Waals surface area contributed by atoms with Crippen LogP contribution >= 0.6 is 11.3 Å². The van der Waals surface area contributed by atoms with E-state index in [1.165, 1.54) is 80.8 Å². The van der Waals surface area contributed by atoms with Crippen molar-refractivity contribution in [3.63, 3.8) is 0 Å². The molecule has 1 heterocycles. The molecule has 0 radical (unpaired) electrons. The lowest BCUT2D eigenvalue weighted by Crippen LogP contribution is -2.10. The van der Waals surface area contributed by atoms with Crippen LogP contribution in [-0.2, 0) is 0 Å². The van der Waals surface area contributed by atoms with Gasteiger partial charge in [-0.05, 0) is 91.3 Å². The van der Waals surface area contributed by atoms with Crippen LogP contribution in [0.2, 0.25) is 0 Å². The molecule has 10 rings (SSSR count). The highest BCUT2D eigenvalue weighted by molar-refractivity contribution is 7.26. The molecule has 2 heteroatoms. The number of rotatable bonds is 6. The van der Waals surface area contributed by atoms with Crippen molar-refractivity contribution in [3.05, 3.63) is 200 Å². The molecule has 0 saturated carbocycles. The van der Waals surface area contributed by atoms with Crippen LogP contribution in [0.15, 0.2) is 200 Å². The summed E-state index contributed by atoms with van der Waals surface area (Å²) < 4.78 is 2.57. The fraction of sp³-hybridized carbons (Fsp3) is 0. The average Bonchev–Trinajstić information content (AvgIpc) is 3.61. The van der Waals surface area contributed by atoms with E-state index in [2.05, 4.69) is 205 Å².